The molecule has 1 aliphatic rings. The summed E-state index contributed by atoms with van der Waals surface area (Å²) in [5.74, 6) is 0.210. The molecule has 0 spiro atoms. The zero-order chi connectivity index (χ0) is 20.5. The van der Waals surface area contributed by atoms with E-state index >= 15 is 0 Å². The number of fused-ring (bicyclic) bond motifs is 1. The van der Waals surface area contributed by atoms with E-state index in [-0.39, 0.29) is 11.4 Å². The lowest BCUT2D eigenvalue weighted by Gasteiger charge is -2.27. The molecule has 30 heavy (non-hydrogen) atoms. The highest BCUT2D eigenvalue weighted by atomic mass is 19.1. The van der Waals surface area contributed by atoms with Crippen molar-refractivity contribution in [1.82, 2.24) is 35.0 Å². The second-order valence-electron chi connectivity index (χ2n) is 7.20. The summed E-state index contributed by atoms with van der Waals surface area (Å²) in [4.78, 5) is 30.3. The average Bonchev–Trinajstić information content (AvgIpc) is 3.23. The Hall–Kier alpha value is -3.72. The van der Waals surface area contributed by atoms with E-state index in [9.17, 15) is 9.18 Å². The van der Waals surface area contributed by atoms with Crippen molar-refractivity contribution >= 4 is 0 Å². The summed E-state index contributed by atoms with van der Waals surface area (Å²) >= 11 is 0. The van der Waals surface area contributed by atoms with Crippen LogP contribution in [-0.2, 0) is 19.5 Å². The molecule has 0 fully saturated rings. The number of rotatable bonds is 4. The molecule has 0 amide bonds. The molecule has 9 heteroatoms. The Kier molecular flexibility index (Phi) is 4.64. The summed E-state index contributed by atoms with van der Waals surface area (Å²) < 4.78 is 13.2. The van der Waals surface area contributed by atoms with Crippen LogP contribution in [0, 0.1) is 5.82 Å². The highest BCUT2D eigenvalue weighted by Gasteiger charge is 2.23. The van der Waals surface area contributed by atoms with Gasteiger partial charge in [-0.15, -0.1) is 0 Å². The number of hydrogen-bond acceptors (Lipinski definition) is 6. The van der Waals surface area contributed by atoms with Gasteiger partial charge >= 0.3 is 0 Å². The van der Waals surface area contributed by atoms with E-state index in [1.165, 1.54) is 18.5 Å². The first-order valence-corrected chi connectivity index (χ1v) is 9.55. The third-order valence-electron chi connectivity index (χ3n) is 5.23. The number of aromatic nitrogens is 6. The summed E-state index contributed by atoms with van der Waals surface area (Å²) in [6.07, 6.45) is 7.14. The van der Waals surface area contributed by atoms with Crippen LogP contribution < -0.4 is 5.56 Å². The smallest absolute Gasteiger partial charge is 0.255 e. The molecule has 0 unspecified atom stereocenters. The van der Waals surface area contributed by atoms with Gasteiger partial charge in [-0.1, -0.05) is 0 Å². The second kappa shape index (κ2) is 7.60. The van der Waals surface area contributed by atoms with E-state index in [0.717, 1.165) is 29.1 Å². The summed E-state index contributed by atoms with van der Waals surface area (Å²) in [6.45, 7) is 1.88. The highest BCUT2D eigenvalue weighted by molar-refractivity contribution is 5.62. The van der Waals surface area contributed by atoms with Crippen molar-refractivity contribution in [3.05, 3.63) is 82.2 Å². The normalized spacial score (nSPS) is 13.9. The van der Waals surface area contributed by atoms with Gasteiger partial charge in [0.15, 0.2) is 0 Å². The van der Waals surface area contributed by atoms with Crippen LogP contribution in [0.4, 0.5) is 4.39 Å². The van der Waals surface area contributed by atoms with Crippen molar-refractivity contribution < 1.29 is 4.39 Å². The van der Waals surface area contributed by atoms with E-state index in [1.807, 2.05) is 0 Å². The van der Waals surface area contributed by atoms with Gasteiger partial charge in [0.1, 0.15) is 18.0 Å². The van der Waals surface area contributed by atoms with Crippen LogP contribution in [0.3, 0.4) is 0 Å². The zero-order valence-electron chi connectivity index (χ0n) is 16.0. The molecule has 2 N–H and O–H groups in total. The molecular formula is C21H18FN7O. The molecule has 150 valence electrons. The van der Waals surface area contributed by atoms with Gasteiger partial charge < -0.3 is 4.98 Å². The lowest BCUT2D eigenvalue weighted by atomic mass is 10.0. The minimum absolute atomic E-state index is 0.144. The van der Waals surface area contributed by atoms with Crippen LogP contribution in [0.15, 0.2) is 54.0 Å². The molecule has 1 aliphatic heterocycles. The molecule has 3 aromatic heterocycles. The summed E-state index contributed by atoms with van der Waals surface area (Å²) in [6, 6.07) is 6.30. The SMILES string of the molecule is O=c1[nH]c(-c2cncnc2)nc2c1CN(Cc1cn[nH]c1-c1ccc(F)cc1)CC2. The maximum absolute atomic E-state index is 13.2. The number of benzene rings is 1. The molecular weight excluding hydrogens is 385 g/mol. The topological polar surface area (TPSA) is 103 Å². The molecule has 1 aromatic carbocycles. The van der Waals surface area contributed by atoms with Crippen LogP contribution in [-0.4, -0.2) is 41.6 Å². The highest BCUT2D eigenvalue weighted by Crippen LogP contribution is 2.25. The summed E-state index contributed by atoms with van der Waals surface area (Å²) in [5, 5.41) is 7.15. The van der Waals surface area contributed by atoms with Gasteiger partial charge in [-0.3, -0.25) is 14.8 Å². The van der Waals surface area contributed by atoms with Gasteiger partial charge in [0.2, 0.25) is 0 Å². The van der Waals surface area contributed by atoms with Crippen molar-refractivity contribution in [2.24, 2.45) is 0 Å². The molecule has 0 bridgehead atoms. The number of halogens is 1. The van der Waals surface area contributed by atoms with Crippen LogP contribution in [0.5, 0.6) is 0 Å². The Morgan fingerprint density at radius 1 is 1.07 bits per heavy atom. The lowest BCUT2D eigenvalue weighted by Crippen LogP contribution is -2.35. The van der Waals surface area contributed by atoms with Crippen molar-refractivity contribution in [3.63, 3.8) is 0 Å². The molecule has 0 saturated heterocycles. The molecule has 8 nitrogen and oxygen atoms in total. The van der Waals surface area contributed by atoms with Crippen molar-refractivity contribution in [3.8, 4) is 22.6 Å². The first kappa shape index (κ1) is 18.3. The van der Waals surface area contributed by atoms with Gasteiger partial charge in [-0.25, -0.2) is 19.3 Å². The number of nitrogens with one attached hydrogen (secondary N) is 2. The Morgan fingerprint density at radius 3 is 2.67 bits per heavy atom. The minimum atomic E-state index is -0.277. The third-order valence-corrected chi connectivity index (χ3v) is 5.23. The maximum atomic E-state index is 13.2. The van der Waals surface area contributed by atoms with Gasteiger partial charge in [-0.05, 0) is 24.3 Å². The predicted molar refractivity (Wildman–Crippen MR) is 108 cm³/mol. The van der Waals surface area contributed by atoms with Crippen LogP contribution in [0.1, 0.15) is 16.8 Å². The van der Waals surface area contributed by atoms with Gasteiger partial charge in [0, 0.05) is 49.6 Å². The molecule has 4 heterocycles. The summed E-state index contributed by atoms with van der Waals surface area (Å²) in [7, 11) is 0. The van der Waals surface area contributed by atoms with Gasteiger partial charge in [0.25, 0.3) is 5.56 Å². The molecule has 0 atom stereocenters. The summed E-state index contributed by atoms with van der Waals surface area (Å²) in [5.41, 5.74) is 4.74. The standard InChI is InChI=1S/C21H18FN7O/c22-16-3-1-13(2-4-16)19-15(9-25-28-19)10-29-6-5-18-17(11-29)21(30)27-20(26-18)14-7-23-12-24-8-14/h1-4,7-9,12H,5-6,10-11H2,(H,25,28)(H,26,27,30). The largest absolute Gasteiger partial charge is 0.306 e. The Morgan fingerprint density at radius 2 is 1.87 bits per heavy atom. The minimum Gasteiger partial charge on any atom is -0.306 e. The van der Waals surface area contributed by atoms with Crippen molar-refractivity contribution in [2.45, 2.75) is 19.5 Å². The average molecular weight is 403 g/mol. The monoisotopic (exact) mass is 403 g/mol. The molecule has 0 radical (unpaired) electrons. The number of nitrogens with zero attached hydrogens (tertiary/aromatic N) is 5. The first-order valence-electron chi connectivity index (χ1n) is 9.55. The van der Waals surface area contributed by atoms with Crippen LogP contribution in [0.25, 0.3) is 22.6 Å². The fourth-order valence-electron chi connectivity index (χ4n) is 3.71. The zero-order valence-corrected chi connectivity index (χ0v) is 16.0. The first-order chi connectivity index (χ1) is 14.7. The van der Waals surface area contributed by atoms with Crippen molar-refractivity contribution in [1.29, 1.82) is 0 Å². The Labute approximate surface area is 170 Å². The molecule has 0 aliphatic carbocycles. The van der Waals surface area contributed by atoms with Crippen LogP contribution in [0.2, 0.25) is 0 Å². The molecule has 5 rings (SSSR count). The van der Waals surface area contributed by atoms with E-state index in [2.05, 4.69) is 35.0 Å². The van der Waals surface area contributed by atoms with E-state index in [1.54, 1.807) is 30.7 Å². The fraction of sp³-hybridized carbons (Fsp3) is 0.190. The van der Waals surface area contributed by atoms with E-state index in [4.69, 9.17) is 0 Å². The van der Waals surface area contributed by atoms with E-state index < -0.39 is 0 Å². The maximum Gasteiger partial charge on any atom is 0.255 e. The fourth-order valence-corrected chi connectivity index (χ4v) is 3.71. The Balaban J connectivity index is 1.38. The van der Waals surface area contributed by atoms with Gasteiger partial charge in [0.05, 0.1) is 28.7 Å². The molecule has 4 aromatic rings. The quantitative estimate of drug-likeness (QED) is 0.542. The van der Waals surface area contributed by atoms with E-state index in [0.29, 0.717) is 36.5 Å². The van der Waals surface area contributed by atoms with Crippen molar-refractivity contribution in [2.75, 3.05) is 6.54 Å². The van der Waals surface area contributed by atoms with Gasteiger partial charge in [-0.2, -0.15) is 5.10 Å². The number of hydrogen-bond donors (Lipinski definition) is 2. The van der Waals surface area contributed by atoms with Crippen LogP contribution >= 0.6 is 0 Å². The predicted octanol–water partition coefficient (Wildman–Crippen LogP) is 2.31. The molecule has 0 saturated carbocycles. The third kappa shape index (κ3) is 3.50. The lowest BCUT2D eigenvalue weighted by molar-refractivity contribution is 0.242. The number of aromatic amines is 2. The number of H-pyrrole nitrogens is 2. The second-order valence-corrected chi connectivity index (χ2v) is 7.20. The Bertz CT molecular complexity index is 1230.